The Morgan fingerprint density at radius 2 is 2.03 bits per heavy atom. The molecule has 31 heavy (non-hydrogen) atoms. The fourth-order valence-corrected chi connectivity index (χ4v) is 4.17. The summed E-state index contributed by atoms with van der Waals surface area (Å²) in [6.07, 6.45) is 3.17. The number of nitrogens with zero attached hydrogens (tertiary/aromatic N) is 2. The number of halogens is 1. The van der Waals surface area contributed by atoms with Gasteiger partial charge in [0.05, 0.1) is 11.6 Å². The molecular formula is C23H17ClN2O4S. The normalized spacial score (nSPS) is 17.7. The van der Waals surface area contributed by atoms with E-state index in [0.717, 1.165) is 0 Å². The van der Waals surface area contributed by atoms with Crippen LogP contribution in [0.25, 0.3) is 5.76 Å². The number of hydrogen-bond donors (Lipinski definition) is 1. The molecule has 6 nitrogen and oxygen atoms in total. The van der Waals surface area contributed by atoms with Crippen molar-refractivity contribution in [1.82, 2.24) is 4.98 Å². The molecule has 0 radical (unpaired) electrons. The van der Waals surface area contributed by atoms with Gasteiger partial charge >= 0.3 is 5.91 Å². The lowest BCUT2D eigenvalue weighted by Crippen LogP contribution is -2.29. The van der Waals surface area contributed by atoms with E-state index in [1.807, 2.05) is 0 Å². The van der Waals surface area contributed by atoms with Gasteiger partial charge in [0.25, 0.3) is 5.78 Å². The minimum absolute atomic E-state index is 0.0246. The number of thiazole rings is 1. The first-order chi connectivity index (χ1) is 15.0. The molecule has 1 saturated heterocycles. The van der Waals surface area contributed by atoms with Gasteiger partial charge in [-0.1, -0.05) is 36.4 Å². The molecule has 2 heterocycles. The molecule has 1 amide bonds. The van der Waals surface area contributed by atoms with Crippen LogP contribution in [0.2, 0.25) is 5.02 Å². The van der Waals surface area contributed by atoms with Gasteiger partial charge in [0.2, 0.25) is 0 Å². The molecule has 1 unspecified atom stereocenters. The van der Waals surface area contributed by atoms with Crippen LogP contribution in [0.5, 0.6) is 5.75 Å². The van der Waals surface area contributed by atoms with Gasteiger partial charge in [-0.3, -0.25) is 14.5 Å². The molecule has 1 aromatic heterocycles. The molecule has 1 N–H and O–H groups in total. The van der Waals surface area contributed by atoms with Crippen LogP contribution in [-0.4, -0.2) is 28.4 Å². The molecule has 0 spiro atoms. The predicted molar refractivity (Wildman–Crippen MR) is 120 cm³/mol. The first-order valence-corrected chi connectivity index (χ1v) is 10.6. The number of aliphatic hydroxyl groups excluding tert-OH is 1. The van der Waals surface area contributed by atoms with Crippen molar-refractivity contribution in [1.29, 1.82) is 0 Å². The Labute approximate surface area is 187 Å². The van der Waals surface area contributed by atoms with Crippen LogP contribution >= 0.6 is 22.9 Å². The van der Waals surface area contributed by atoms with E-state index in [1.54, 1.807) is 66.2 Å². The van der Waals surface area contributed by atoms with E-state index in [9.17, 15) is 14.7 Å². The summed E-state index contributed by atoms with van der Waals surface area (Å²) >= 11 is 7.18. The summed E-state index contributed by atoms with van der Waals surface area (Å²) in [5.74, 6) is -1.27. The Balaban J connectivity index is 1.89. The molecule has 3 aromatic rings. The average Bonchev–Trinajstić information content (AvgIpc) is 3.39. The largest absolute Gasteiger partial charge is 0.507 e. The van der Waals surface area contributed by atoms with Gasteiger partial charge in [0.1, 0.15) is 18.1 Å². The van der Waals surface area contributed by atoms with Crippen molar-refractivity contribution in [3.8, 4) is 5.75 Å². The highest BCUT2D eigenvalue weighted by Gasteiger charge is 2.48. The molecule has 8 heteroatoms. The first-order valence-electron chi connectivity index (χ1n) is 9.31. The van der Waals surface area contributed by atoms with Crippen molar-refractivity contribution in [2.24, 2.45) is 0 Å². The fraction of sp³-hybridized carbons (Fsp3) is 0.0870. The summed E-state index contributed by atoms with van der Waals surface area (Å²) in [7, 11) is 0. The van der Waals surface area contributed by atoms with E-state index < -0.39 is 17.7 Å². The second kappa shape index (κ2) is 8.75. The smallest absolute Gasteiger partial charge is 0.301 e. The molecule has 1 atom stereocenters. The number of ether oxygens (including phenoxy) is 1. The lowest BCUT2D eigenvalue weighted by molar-refractivity contribution is -0.132. The highest BCUT2D eigenvalue weighted by atomic mass is 35.5. The summed E-state index contributed by atoms with van der Waals surface area (Å²) in [6, 6.07) is 12.6. The number of hydrogen-bond acceptors (Lipinski definition) is 6. The minimum atomic E-state index is -0.867. The van der Waals surface area contributed by atoms with Crippen molar-refractivity contribution in [3.63, 3.8) is 0 Å². The number of anilines is 1. The van der Waals surface area contributed by atoms with Crippen LogP contribution < -0.4 is 9.64 Å². The zero-order valence-corrected chi connectivity index (χ0v) is 17.8. The maximum Gasteiger partial charge on any atom is 0.301 e. The van der Waals surface area contributed by atoms with Gasteiger partial charge in [-0.05, 0) is 42.0 Å². The number of aliphatic hydroxyl groups is 1. The van der Waals surface area contributed by atoms with Crippen LogP contribution in [0.1, 0.15) is 17.2 Å². The van der Waals surface area contributed by atoms with Crippen molar-refractivity contribution < 1.29 is 19.4 Å². The van der Waals surface area contributed by atoms with Gasteiger partial charge in [-0.25, -0.2) is 4.98 Å². The summed E-state index contributed by atoms with van der Waals surface area (Å²) in [6.45, 7) is 3.94. The Morgan fingerprint density at radius 1 is 1.26 bits per heavy atom. The second-order valence-electron chi connectivity index (χ2n) is 6.66. The first kappa shape index (κ1) is 20.8. The van der Waals surface area contributed by atoms with Crippen LogP contribution in [0, 0.1) is 0 Å². The molecular weight excluding hydrogens is 436 g/mol. The molecule has 1 aliphatic heterocycles. The summed E-state index contributed by atoms with van der Waals surface area (Å²) in [4.78, 5) is 31.5. The average molecular weight is 453 g/mol. The minimum Gasteiger partial charge on any atom is -0.507 e. The van der Waals surface area contributed by atoms with Crippen molar-refractivity contribution in [3.05, 3.63) is 94.5 Å². The third-order valence-electron chi connectivity index (χ3n) is 4.73. The molecule has 156 valence electrons. The van der Waals surface area contributed by atoms with Gasteiger partial charge in [0.15, 0.2) is 5.13 Å². The van der Waals surface area contributed by atoms with E-state index in [2.05, 4.69) is 11.6 Å². The van der Waals surface area contributed by atoms with Crippen molar-refractivity contribution >= 4 is 45.5 Å². The quantitative estimate of drug-likeness (QED) is 0.247. The van der Waals surface area contributed by atoms with Crippen LogP contribution in [0.4, 0.5) is 5.13 Å². The monoisotopic (exact) mass is 452 g/mol. The second-order valence-corrected chi connectivity index (χ2v) is 7.97. The zero-order valence-electron chi connectivity index (χ0n) is 16.2. The number of benzene rings is 2. The summed E-state index contributed by atoms with van der Waals surface area (Å²) in [5.41, 5.74) is 0.959. The predicted octanol–water partition coefficient (Wildman–Crippen LogP) is 4.99. The Morgan fingerprint density at radius 3 is 2.71 bits per heavy atom. The topological polar surface area (TPSA) is 79.7 Å². The molecule has 0 bridgehead atoms. The molecule has 1 aliphatic rings. The molecule has 1 fully saturated rings. The third kappa shape index (κ3) is 3.97. The number of aromatic nitrogens is 1. The molecule has 2 aromatic carbocycles. The van der Waals surface area contributed by atoms with Crippen molar-refractivity contribution in [2.45, 2.75) is 6.04 Å². The number of amides is 1. The lowest BCUT2D eigenvalue weighted by Gasteiger charge is -2.23. The van der Waals surface area contributed by atoms with Crippen LogP contribution in [0.15, 0.2) is 78.3 Å². The number of Topliss-reactive ketones (excluding diaryl/α,β-unsaturated/α-hetero) is 1. The molecule has 4 rings (SSSR count). The number of ketones is 1. The SMILES string of the molecule is C=CCOc1cccc(C2/C(=C(\O)c3ccc(Cl)cc3)C(=O)C(=O)N2c2nccs2)c1. The summed E-state index contributed by atoms with van der Waals surface area (Å²) < 4.78 is 5.62. The van der Waals surface area contributed by atoms with Gasteiger partial charge in [-0.15, -0.1) is 11.3 Å². The van der Waals surface area contributed by atoms with Crippen molar-refractivity contribution in [2.75, 3.05) is 11.5 Å². The van der Waals surface area contributed by atoms with E-state index in [-0.39, 0.29) is 11.3 Å². The van der Waals surface area contributed by atoms with E-state index in [1.165, 1.54) is 16.2 Å². The van der Waals surface area contributed by atoms with Gasteiger partial charge in [0, 0.05) is 22.2 Å². The molecule has 0 aliphatic carbocycles. The molecule has 0 saturated carbocycles. The van der Waals surface area contributed by atoms with E-state index >= 15 is 0 Å². The van der Waals surface area contributed by atoms with Gasteiger partial charge < -0.3 is 9.84 Å². The van der Waals surface area contributed by atoms with E-state index in [0.29, 0.717) is 33.6 Å². The van der Waals surface area contributed by atoms with E-state index in [4.69, 9.17) is 16.3 Å². The number of rotatable bonds is 6. The fourth-order valence-electron chi connectivity index (χ4n) is 3.37. The Kier molecular flexibility index (Phi) is 5.88. The number of carbonyl (C=O) groups excluding carboxylic acids is 2. The number of carbonyl (C=O) groups is 2. The third-order valence-corrected chi connectivity index (χ3v) is 5.75. The maximum atomic E-state index is 13.0. The van der Waals surface area contributed by atoms with Gasteiger partial charge in [-0.2, -0.15) is 0 Å². The lowest BCUT2D eigenvalue weighted by atomic mass is 9.95. The Hall–Kier alpha value is -3.42. The highest BCUT2D eigenvalue weighted by Crippen LogP contribution is 2.43. The zero-order chi connectivity index (χ0) is 22.0. The Bertz CT molecular complexity index is 1170. The summed E-state index contributed by atoms with van der Waals surface area (Å²) in [5, 5.41) is 13.6. The highest BCUT2D eigenvalue weighted by molar-refractivity contribution is 7.14. The van der Waals surface area contributed by atoms with Crippen LogP contribution in [-0.2, 0) is 9.59 Å². The standard InChI is InChI=1S/C23H17ClN2O4S/c1-2-11-30-17-5-3-4-15(13-17)19-18(20(27)14-6-8-16(24)9-7-14)21(28)22(29)26(19)23-25-10-12-31-23/h2-10,12-13,19,27H,1,11H2/b20-18+. The maximum absolute atomic E-state index is 13.0. The van der Waals surface area contributed by atoms with Crippen LogP contribution in [0.3, 0.4) is 0 Å².